The van der Waals surface area contributed by atoms with Gasteiger partial charge >= 0.3 is 0 Å². The van der Waals surface area contributed by atoms with Crippen LogP contribution in [0.4, 0.5) is 10.1 Å². The molecule has 2 aromatic rings. The van der Waals surface area contributed by atoms with Crippen molar-refractivity contribution < 1.29 is 23.7 Å². The second-order valence-corrected chi connectivity index (χ2v) is 7.08. The van der Waals surface area contributed by atoms with Crippen molar-refractivity contribution in [3.8, 4) is 5.75 Å². The average molecular weight is 373 g/mol. The Labute approximate surface area is 159 Å². The van der Waals surface area contributed by atoms with Crippen molar-refractivity contribution in [2.45, 2.75) is 6.42 Å². The molecule has 1 aliphatic rings. The van der Waals surface area contributed by atoms with Gasteiger partial charge in [-0.3, -0.25) is 4.79 Å². The molecule has 1 fully saturated rings. The highest BCUT2D eigenvalue weighted by Crippen LogP contribution is 2.11. The van der Waals surface area contributed by atoms with Crippen LogP contribution in [-0.2, 0) is 11.2 Å². The van der Waals surface area contributed by atoms with Gasteiger partial charge in [-0.05, 0) is 42.0 Å². The van der Waals surface area contributed by atoms with E-state index in [1.54, 1.807) is 24.1 Å². The third-order valence-corrected chi connectivity index (χ3v) is 5.13. The summed E-state index contributed by atoms with van der Waals surface area (Å²) in [5.41, 5.74) is 1.97. The van der Waals surface area contributed by atoms with Gasteiger partial charge in [0, 0.05) is 12.1 Å². The van der Waals surface area contributed by atoms with E-state index >= 15 is 0 Å². The van der Waals surface area contributed by atoms with Gasteiger partial charge in [0.2, 0.25) is 0 Å². The Morgan fingerprint density at radius 1 is 1.00 bits per heavy atom. The first-order valence-corrected chi connectivity index (χ1v) is 9.48. The molecule has 1 aliphatic heterocycles. The summed E-state index contributed by atoms with van der Waals surface area (Å²) in [7, 11) is 1.68. The molecule has 0 radical (unpaired) electrons. The maximum Gasteiger partial charge on any atom is 0.279 e. The zero-order chi connectivity index (χ0) is 19.1. The molecule has 27 heavy (non-hydrogen) atoms. The molecule has 0 spiro atoms. The van der Waals surface area contributed by atoms with Gasteiger partial charge in [-0.1, -0.05) is 12.1 Å². The zero-order valence-corrected chi connectivity index (χ0v) is 15.8. The number of amides is 1. The molecule has 0 aliphatic carbocycles. The minimum absolute atomic E-state index is 0.0155. The van der Waals surface area contributed by atoms with Crippen molar-refractivity contribution in [3.05, 3.63) is 59.9 Å². The molecule has 1 saturated heterocycles. The average Bonchev–Trinajstić information content (AvgIpc) is 2.69. The van der Waals surface area contributed by atoms with Gasteiger partial charge in [-0.2, -0.15) is 0 Å². The summed E-state index contributed by atoms with van der Waals surface area (Å²) in [5.74, 6) is 0.577. The van der Waals surface area contributed by atoms with Gasteiger partial charge in [-0.25, -0.2) is 4.39 Å². The summed E-state index contributed by atoms with van der Waals surface area (Å²) in [6.45, 7) is 5.72. The second-order valence-electron chi connectivity index (χ2n) is 7.08. The third kappa shape index (κ3) is 6.05. The summed E-state index contributed by atoms with van der Waals surface area (Å²) < 4.78 is 18.1. The normalized spacial score (nSPS) is 19.5. The van der Waals surface area contributed by atoms with Crippen LogP contribution in [0.15, 0.2) is 48.5 Å². The number of rotatable bonds is 7. The van der Waals surface area contributed by atoms with Crippen molar-refractivity contribution in [1.29, 1.82) is 0 Å². The van der Waals surface area contributed by atoms with E-state index in [4.69, 9.17) is 4.74 Å². The summed E-state index contributed by atoms with van der Waals surface area (Å²) in [6.07, 6.45) is 1.06. The predicted molar refractivity (Wildman–Crippen MR) is 103 cm³/mol. The lowest BCUT2D eigenvalue weighted by molar-refractivity contribution is -1.01. The van der Waals surface area contributed by atoms with Gasteiger partial charge in [0.15, 0.2) is 6.54 Å². The fourth-order valence-electron chi connectivity index (χ4n) is 3.46. The molecular weight excluding hydrogens is 345 g/mol. The first kappa shape index (κ1) is 19.3. The number of methoxy groups -OCH3 is 1. The first-order chi connectivity index (χ1) is 13.1. The van der Waals surface area contributed by atoms with Crippen LogP contribution in [0.1, 0.15) is 5.56 Å². The standard InChI is InChI=1S/C21H26FN3O2/c1-27-20-8-2-17(3-9-20)10-11-24-12-14-25(15-13-24)16-21(26)23-19-6-4-18(22)5-7-19/h2-9H,10-16H2,1H3,(H,23,26)/p+2. The van der Waals surface area contributed by atoms with Gasteiger partial charge in [0.1, 0.15) is 37.7 Å². The number of carbonyl (C=O) groups excluding carboxylic acids is 1. The van der Waals surface area contributed by atoms with Crippen LogP contribution in [0.5, 0.6) is 5.75 Å². The molecule has 3 N–H and O–H groups in total. The van der Waals surface area contributed by atoms with Crippen molar-refractivity contribution in [3.63, 3.8) is 0 Å². The van der Waals surface area contributed by atoms with E-state index in [1.807, 2.05) is 12.1 Å². The lowest BCUT2D eigenvalue weighted by Gasteiger charge is -2.29. The Balaban J connectivity index is 1.36. The molecule has 6 heteroatoms. The maximum absolute atomic E-state index is 12.9. The van der Waals surface area contributed by atoms with Gasteiger partial charge in [0.25, 0.3) is 5.91 Å². The number of piperazine rings is 1. The highest BCUT2D eigenvalue weighted by Gasteiger charge is 2.24. The van der Waals surface area contributed by atoms with E-state index < -0.39 is 0 Å². The third-order valence-electron chi connectivity index (χ3n) is 5.13. The van der Waals surface area contributed by atoms with Crippen LogP contribution in [0.25, 0.3) is 0 Å². The van der Waals surface area contributed by atoms with E-state index in [0.29, 0.717) is 12.2 Å². The van der Waals surface area contributed by atoms with Crippen molar-refractivity contribution in [1.82, 2.24) is 0 Å². The molecule has 5 nitrogen and oxygen atoms in total. The number of quaternary nitrogens is 2. The summed E-state index contributed by atoms with van der Waals surface area (Å²) in [4.78, 5) is 15.1. The fraction of sp³-hybridized carbons (Fsp3) is 0.381. The molecule has 144 valence electrons. The Morgan fingerprint density at radius 2 is 1.63 bits per heavy atom. The first-order valence-electron chi connectivity index (χ1n) is 9.48. The van der Waals surface area contributed by atoms with E-state index in [-0.39, 0.29) is 11.7 Å². The smallest absolute Gasteiger partial charge is 0.279 e. The van der Waals surface area contributed by atoms with Crippen molar-refractivity contribution in [2.24, 2.45) is 0 Å². The van der Waals surface area contributed by atoms with E-state index in [2.05, 4.69) is 17.4 Å². The molecule has 1 heterocycles. The van der Waals surface area contributed by atoms with Gasteiger partial charge in [0.05, 0.1) is 13.7 Å². The quantitative estimate of drug-likeness (QED) is 0.630. The van der Waals surface area contributed by atoms with Crippen LogP contribution in [0.3, 0.4) is 0 Å². The van der Waals surface area contributed by atoms with Gasteiger partial charge < -0.3 is 19.9 Å². The van der Waals surface area contributed by atoms with E-state index in [9.17, 15) is 9.18 Å². The van der Waals surface area contributed by atoms with Crippen molar-refractivity contribution >= 4 is 11.6 Å². The lowest BCUT2D eigenvalue weighted by atomic mass is 10.1. The number of carbonyl (C=O) groups is 1. The monoisotopic (exact) mass is 373 g/mol. The van der Waals surface area contributed by atoms with Crippen LogP contribution in [0.2, 0.25) is 0 Å². The van der Waals surface area contributed by atoms with Crippen LogP contribution in [-0.4, -0.2) is 52.3 Å². The zero-order valence-electron chi connectivity index (χ0n) is 15.8. The highest BCUT2D eigenvalue weighted by molar-refractivity contribution is 5.91. The molecule has 3 rings (SSSR count). The van der Waals surface area contributed by atoms with E-state index in [1.165, 1.54) is 22.6 Å². The van der Waals surface area contributed by atoms with Crippen LogP contribution in [0, 0.1) is 5.82 Å². The number of halogens is 1. The number of nitrogens with one attached hydrogen (secondary N) is 3. The SMILES string of the molecule is COc1ccc(CC[NH+]2CC[NH+](CC(=O)Nc3ccc(F)cc3)CC2)cc1. The summed E-state index contributed by atoms with van der Waals surface area (Å²) in [6, 6.07) is 14.1. The predicted octanol–water partition coefficient (Wildman–Crippen LogP) is -0.201. The number of anilines is 1. The lowest BCUT2D eigenvalue weighted by Crippen LogP contribution is -3.28. The molecule has 2 aromatic carbocycles. The fourth-order valence-corrected chi connectivity index (χ4v) is 3.46. The Kier molecular flexibility index (Phi) is 6.79. The maximum atomic E-state index is 12.9. The second kappa shape index (κ2) is 9.48. The summed E-state index contributed by atoms with van der Waals surface area (Å²) in [5, 5.41) is 2.84. The molecule has 0 unspecified atom stereocenters. The number of hydrogen-bond acceptors (Lipinski definition) is 2. The Morgan fingerprint density at radius 3 is 2.26 bits per heavy atom. The number of benzene rings is 2. The molecule has 0 aromatic heterocycles. The molecule has 0 bridgehead atoms. The Hall–Kier alpha value is -2.44. The highest BCUT2D eigenvalue weighted by atomic mass is 19.1. The van der Waals surface area contributed by atoms with Gasteiger partial charge in [-0.15, -0.1) is 0 Å². The van der Waals surface area contributed by atoms with Crippen molar-refractivity contribution in [2.75, 3.05) is 51.7 Å². The van der Waals surface area contributed by atoms with E-state index in [0.717, 1.165) is 44.9 Å². The minimum Gasteiger partial charge on any atom is -0.497 e. The topological polar surface area (TPSA) is 47.2 Å². The molecule has 0 atom stereocenters. The Bertz CT molecular complexity index is 726. The largest absolute Gasteiger partial charge is 0.497 e. The summed E-state index contributed by atoms with van der Waals surface area (Å²) >= 11 is 0. The molecular formula is C21H28FN3O2+2. The molecule has 0 saturated carbocycles. The van der Waals surface area contributed by atoms with Crippen LogP contribution < -0.4 is 19.9 Å². The van der Waals surface area contributed by atoms with Crippen LogP contribution >= 0.6 is 0 Å². The number of hydrogen-bond donors (Lipinski definition) is 3. The number of ether oxygens (including phenoxy) is 1. The minimum atomic E-state index is -0.299. The molecule has 1 amide bonds.